The summed E-state index contributed by atoms with van der Waals surface area (Å²) in [6.45, 7) is 0.360. The van der Waals surface area contributed by atoms with Gasteiger partial charge in [0.1, 0.15) is 6.04 Å². The maximum absolute atomic E-state index is 8.94. The van der Waals surface area contributed by atoms with Crippen LogP contribution in [0.3, 0.4) is 0 Å². The van der Waals surface area contributed by atoms with Crippen molar-refractivity contribution >= 4 is 27.5 Å². The quantitative estimate of drug-likeness (QED) is 0.866. The van der Waals surface area contributed by atoms with Crippen LogP contribution in [0.15, 0.2) is 22.7 Å². The Morgan fingerprint density at radius 1 is 1.60 bits per heavy atom. The molecular formula is C11H8BrClN2. The second-order valence-corrected chi connectivity index (χ2v) is 4.08. The van der Waals surface area contributed by atoms with Gasteiger partial charge in [-0.3, -0.25) is 5.32 Å². The van der Waals surface area contributed by atoms with Gasteiger partial charge in [0.25, 0.3) is 0 Å². The van der Waals surface area contributed by atoms with Crippen molar-refractivity contribution in [1.82, 2.24) is 5.32 Å². The Balaban J connectivity index is 2.89. The molecule has 0 saturated heterocycles. The van der Waals surface area contributed by atoms with Gasteiger partial charge in [0.15, 0.2) is 0 Å². The van der Waals surface area contributed by atoms with Crippen LogP contribution in [-0.2, 0) is 0 Å². The number of hydrogen-bond acceptors (Lipinski definition) is 2. The molecule has 0 radical (unpaired) electrons. The molecule has 1 aromatic carbocycles. The highest BCUT2D eigenvalue weighted by atomic mass is 79.9. The Morgan fingerprint density at radius 3 is 2.87 bits per heavy atom. The van der Waals surface area contributed by atoms with Gasteiger partial charge in [0, 0.05) is 4.47 Å². The van der Waals surface area contributed by atoms with Crippen LogP contribution in [-0.4, -0.2) is 6.54 Å². The van der Waals surface area contributed by atoms with Crippen molar-refractivity contribution in [2.45, 2.75) is 6.04 Å². The van der Waals surface area contributed by atoms with Crippen LogP contribution in [0, 0.1) is 23.7 Å². The first-order valence-corrected chi connectivity index (χ1v) is 5.37. The summed E-state index contributed by atoms with van der Waals surface area (Å²) < 4.78 is 0.768. The van der Waals surface area contributed by atoms with Crippen molar-refractivity contribution in [1.29, 1.82) is 5.26 Å². The summed E-state index contributed by atoms with van der Waals surface area (Å²) in [5.41, 5.74) is 0.837. The lowest BCUT2D eigenvalue weighted by atomic mass is 10.1. The third-order valence-corrected chi connectivity index (χ3v) is 3.03. The second kappa shape index (κ2) is 5.78. The average Bonchev–Trinajstić information content (AvgIpc) is 2.24. The second-order valence-electron chi connectivity index (χ2n) is 2.82. The zero-order valence-corrected chi connectivity index (χ0v) is 10.1. The van der Waals surface area contributed by atoms with E-state index in [4.69, 9.17) is 23.3 Å². The SMILES string of the molecule is C#CCNC(C#N)c1ccc(Cl)c(Br)c1. The van der Waals surface area contributed by atoms with Crippen LogP contribution in [0.5, 0.6) is 0 Å². The van der Waals surface area contributed by atoms with E-state index in [0.717, 1.165) is 10.0 Å². The van der Waals surface area contributed by atoms with Crippen molar-refractivity contribution in [2.24, 2.45) is 0 Å². The smallest absolute Gasteiger partial charge is 0.122 e. The van der Waals surface area contributed by atoms with E-state index < -0.39 is 6.04 Å². The Bertz CT molecular complexity index is 431. The molecule has 0 aliphatic heterocycles. The van der Waals surface area contributed by atoms with Crippen LogP contribution >= 0.6 is 27.5 Å². The molecule has 0 aromatic heterocycles. The largest absolute Gasteiger partial charge is 0.287 e. The number of nitrogens with one attached hydrogen (secondary N) is 1. The van der Waals surface area contributed by atoms with Gasteiger partial charge in [-0.2, -0.15) is 5.26 Å². The topological polar surface area (TPSA) is 35.8 Å². The van der Waals surface area contributed by atoms with Gasteiger partial charge in [-0.05, 0) is 33.6 Å². The minimum atomic E-state index is -0.408. The van der Waals surface area contributed by atoms with Gasteiger partial charge in [0.2, 0.25) is 0 Å². The fraction of sp³-hybridized carbons (Fsp3) is 0.182. The third kappa shape index (κ3) is 3.25. The molecule has 4 heteroatoms. The van der Waals surface area contributed by atoms with Gasteiger partial charge in [-0.1, -0.05) is 23.6 Å². The molecule has 76 valence electrons. The summed E-state index contributed by atoms with van der Waals surface area (Å²) in [4.78, 5) is 0. The zero-order chi connectivity index (χ0) is 11.3. The average molecular weight is 284 g/mol. The number of nitrogens with zero attached hydrogens (tertiary/aromatic N) is 1. The van der Waals surface area contributed by atoms with E-state index in [1.165, 1.54) is 0 Å². The molecule has 0 aliphatic rings. The van der Waals surface area contributed by atoms with Gasteiger partial charge in [0.05, 0.1) is 17.6 Å². The van der Waals surface area contributed by atoms with E-state index in [2.05, 4.69) is 33.2 Å². The monoisotopic (exact) mass is 282 g/mol. The van der Waals surface area contributed by atoms with Crippen LogP contribution in [0.1, 0.15) is 11.6 Å². The predicted octanol–water partition coefficient (Wildman–Crippen LogP) is 2.89. The normalized spacial score (nSPS) is 11.5. The Morgan fingerprint density at radius 2 is 2.33 bits per heavy atom. The first-order valence-electron chi connectivity index (χ1n) is 4.20. The van der Waals surface area contributed by atoms with E-state index in [0.29, 0.717) is 11.6 Å². The molecule has 1 aromatic rings. The molecule has 0 heterocycles. The molecular weight excluding hydrogens is 275 g/mol. The maximum atomic E-state index is 8.94. The highest BCUT2D eigenvalue weighted by molar-refractivity contribution is 9.10. The summed E-state index contributed by atoms with van der Waals surface area (Å²) >= 11 is 9.15. The molecule has 1 N–H and O–H groups in total. The van der Waals surface area contributed by atoms with Crippen LogP contribution in [0.2, 0.25) is 5.02 Å². The van der Waals surface area contributed by atoms with Crippen LogP contribution < -0.4 is 5.32 Å². The summed E-state index contributed by atoms with van der Waals surface area (Å²) in [6, 6.07) is 7.06. The fourth-order valence-corrected chi connectivity index (χ4v) is 1.61. The standard InChI is InChI=1S/C11H8BrClN2/c1-2-5-15-11(7-14)8-3-4-10(13)9(12)6-8/h1,3-4,6,11,15H,5H2. The maximum Gasteiger partial charge on any atom is 0.122 e. The Labute approximate surface area is 102 Å². The van der Waals surface area contributed by atoms with Gasteiger partial charge >= 0.3 is 0 Å². The molecule has 0 spiro atoms. The van der Waals surface area contributed by atoms with E-state index >= 15 is 0 Å². The molecule has 1 atom stereocenters. The number of nitriles is 1. The molecule has 0 saturated carbocycles. The van der Waals surface area contributed by atoms with E-state index in [9.17, 15) is 0 Å². The minimum absolute atomic E-state index is 0.360. The summed E-state index contributed by atoms with van der Waals surface area (Å²) in [7, 11) is 0. The first kappa shape index (κ1) is 12.1. The van der Waals surface area contributed by atoms with Gasteiger partial charge in [-0.25, -0.2) is 0 Å². The van der Waals surface area contributed by atoms with Crippen LogP contribution in [0.4, 0.5) is 0 Å². The Kier molecular flexibility index (Phi) is 4.65. The van der Waals surface area contributed by atoms with E-state index in [1.807, 2.05) is 0 Å². The van der Waals surface area contributed by atoms with E-state index in [1.54, 1.807) is 18.2 Å². The number of benzene rings is 1. The number of halogens is 2. The molecule has 0 bridgehead atoms. The van der Waals surface area contributed by atoms with Crippen molar-refractivity contribution in [3.05, 3.63) is 33.3 Å². The minimum Gasteiger partial charge on any atom is -0.287 e. The van der Waals surface area contributed by atoms with Crippen molar-refractivity contribution < 1.29 is 0 Å². The summed E-state index contributed by atoms with van der Waals surface area (Å²) in [5.74, 6) is 2.43. The van der Waals surface area contributed by atoms with Gasteiger partial charge in [-0.15, -0.1) is 6.42 Å². The van der Waals surface area contributed by atoms with Crippen molar-refractivity contribution in [3.8, 4) is 18.4 Å². The first-order chi connectivity index (χ1) is 7.19. The summed E-state index contributed by atoms with van der Waals surface area (Å²) in [5, 5.41) is 12.5. The van der Waals surface area contributed by atoms with Crippen LogP contribution in [0.25, 0.3) is 0 Å². The van der Waals surface area contributed by atoms with Crippen molar-refractivity contribution in [3.63, 3.8) is 0 Å². The Hall–Kier alpha value is -1.000. The molecule has 2 nitrogen and oxygen atoms in total. The van der Waals surface area contributed by atoms with Crippen molar-refractivity contribution in [2.75, 3.05) is 6.54 Å². The lowest BCUT2D eigenvalue weighted by Crippen LogP contribution is -2.20. The molecule has 0 fully saturated rings. The molecule has 15 heavy (non-hydrogen) atoms. The number of terminal acetylenes is 1. The van der Waals surface area contributed by atoms with Gasteiger partial charge < -0.3 is 0 Å². The lowest BCUT2D eigenvalue weighted by molar-refractivity contribution is 0.690. The predicted molar refractivity (Wildman–Crippen MR) is 64.3 cm³/mol. The molecule has 0 amide bonds. The molecule has 0 aliphatic carbocycles. The zero-order valence-electron chi connectivity index (χ0n) is 7.80. The molecule has 1 rings (SSSR count). The highest BCUT2D eigenvalue weighted by Gasteiger charge is 2.10. The number of rotatable bonds is 3. The third-order valence-electron chi connectivity index (χ3n) is 1.81. The highest BCUT2D eigenvalue weighted by Crippen LogP contribution is 2.25. The fourth-order valence-electron chi connectivity index (χ4n) is 1.09. The number of hydrogen-bond donors (Lipinski definition) is 1. The summed E-state index contributed by atoms with van der Waals surface area (Å²) in [6.07, 6.45) is 5.11. The van der Waals surface area contributed by atoms with E-state index in [-0.39, 0.29) is 0 Å². The lowest BCUT2D eigenvalue weighted by Gasteiger charge is -2.10. The molecule has 1 unspecified atom stereocenters.